The SMILES string of the molecule is CCOC(CO)C1CCOC1. The highest BCUT2D eigenvalue weighted by Crippen LogP contribution is 2.18. The number of hydrogen-bond acceptors (Lipinski definition) is 3. The third-order valence-corrected chi connectivity index (χ3v) is 2.05. The average Bonchev–Trinajstić information content (AvgIpc) is 2.52. The van der Waals surface area contributed by atoms with E-state index in [1.54, 1.807) is 0 Å². The Labute approximate surface area is 67.3 Å². The molecular weight excluding hydrogens is 144 g/mol. The van der Waals surface area contributed by atoms with Crippen molar-refractivity contribution in [2.24, 2.45) is 5.92 Å². The third-order valence-electron chi connectivity index (χ3n) is 2.05. The highest BCUT2D eigenvalue weighted by atomic mass is 16.5. The summed E-state index contributed by atoms with van der Waals surface area (Å²) in [4.78, 5) is 0. The second-order valence-corrected chi connectivity index (χ2v) is 2.80. The normalized spacial score (nSPS) is 27.3. The van der Waals surface area contributed by atoms with Gasteiger partial charge in [-0.2, -0.15) is 0 Å². The lowest BCUT2D eigenvalue weighted by Crippen LogP contribution is -2.28. The minimum Gasteiger partial charge on any atom is -0.394 e. The van der Waals surface area contributed by atoms with Gasteiger partial charge in [-0.25, -0.2) is 0 Å². The molecule has 1 N–H and O–H groups in total. The largest absolute Gasteiger partial charge is 0.394 e. The summed E-state index contributed by atoms with van der Waals surface area (Å²) >= 11 is 0. The molecule has 0 amide bonds. The maximum absolute atomic E-state index is 8.94. The Kier molecular flexibility index (Phi) is 3.83. The Hall–Kier alpha value is -0.120. The molecule has 1 saturated heterocycles. The molecule has 1 fully saturated rings. The zero-order valence-corrected chi connectivity index (χ0v) is 6.95. The Balaban J connectivity index is 2.27. The summed E-state index contributed by atoms with van der Waals surface area (Å²) in [6, 6.07) is 0. The Morgan fingerprint density at radius 3 is 3.00 bits per heavy atom. The van der Waals surface area contributed by atoms with Gasteiger partial charge >= 0.3 is 0 Å². The fraction of sp³-hybridized carbons (Fsp3) is 1.00. The van der Waals surface area contributed by atoms with E-state index >= 15 is 0 Å². The molecule has 0 aliphatic carbocycles. The van der Waals surface area contributed by atoms with E-state index in [0.717, 1.165) is 19.6 Å². The first kappa shape index (κ1) is 8.97. The van der Waals surface area contributed by atoms with Crippen LogP contribution in [0.15, 0.2) is 0 Å². The maximum Gasteiger partial charge on any atom is 0.0856 e. The van der Waals surface area contributed by atoms with Crippen LogP contribution in [0.25, 0.3) is 0 Å². The number of hydrogen-bond donors (Lipinski definition) is 1. The van der Waals surface area contributed by atoms with Crippen molar-refractivity contribution < 1.29 is 14.6 Å². The molecule has 0 spiro atoms. The summed E-state index contributed by atoms with van der Waals surface area (Å²) in [6.07, 6.45) is 1.01. The van der Waals surface area contributed by atoms with E-state index in [9.17, 15) is 0 Å². The molecule has 3 nitrogen and oxygen atoms in total. The number of rotatable bonds is 4. The summed E-state index contributed by atoms with van der Waals surface area (Å²) < 4.78 is 10.5. The molecule has 2 unspecified atom stereocenters. The first-order valence-electron chi connectivity index (χ1n) is 4.18. The van der Waals surface area contributed by atoms with Crippen molar-refractivity contribution in [3.05, 3.63) is 0 Å². The van der Waals surface area contributed by atoms with E-state index in [0.29, 0.717) is 12.5 Å². The molecule has 11 heavy (non-hydrogen) atoms. The minimum absolute atomic E-state index is 0.0116. The van der Waals surface area contributed by atoms with Gasteiger partial charge in [0.15, 0.2) is 0 Å². The van der Waals surface area contributed by atoms with Crippen molar-refractivity contribution in [3.63, 3.8) is 0 Å². The van der Waals surface area contributed by atoms with Crippen LogP contribution in [0.1, 0.15) is 13.3 Å². The van der Waals surface area contributed by atoms with Gasteiger partial charge in [0.1, 0.15) is 0 Å². The Morgan fingerprint density at radius 1 is 1.73 bits per heavy atom. The van der Waals surface area contributed by atoms with Crippen LogP contribution in [0.2, 0.25) is 0 Å². The molecule has 1 rings (SSSR count). The van der Waals surface area contributed by atoms with Crippen LogP contribution in [0, 0.1) is 5.92 Å². The van der Waals surface area contributed by atoms with Gasteiger partial charge in [-0.05, 0) is 13.3 Å². The van der Waals surface area contributed by atoms with Crippen molar-refractivity contribution in [1.82, 2.24) is 0 Å². The summed E-state index contributed by atoms with van der Waals surface area (Å²) in [5, 5.41) is 8.94. The fourth-order valence-electron chi connectivity index (χ4n) is 1.40. The van der Waals surface area contributed by atoms with Crippen molar-refractivity contribution in [3.8, 4) is 0 Å². The smallest absolute Gasteiger partial charge is 0.0856 e. The third kappa shape index (κ3) is 2.43. The monoisotopic (exact) mass is 160 g/mol. The predicted molar refractivity (Wildman–Crippen MR) is 41.4 cm³/mol. The lowest BCUT2D eigenvalue weighted by atomic mass is 10.0. The predicted octanol–water partition coefficient (Wildman–Crippen LogP) is 0.420. The van der Waals surface area contributed by atoms with Crippen LogP contribution in [0.4, 0.5) is 0 Å². The standard InChI is InChI=1S/C8H16O3/c1-2-11-8(5-9)7-3-4-10-6-7/h7-9H,2-6H2,1H3. The van der Waals surface area contributed by atoms with E-state index in [-0.39, 0.29) is 12.7 Å². The van der Waals surface area contributed by atoms with Gasteiger partial charge in [-0.1, -0.05) is 0 Å². The molecule has 0 bridgehead atoms. The molecule has 2 atom stereocenters. The molecule has 0 radical (unpaired) electrons. The second kappa shape index (κ2) is 4.70. The van der Waals surface area contributed by atoms with Gasteiger partial charge in [0.05, 0.1) is 19.3 Å². The lowest BCUT2D eigenvalue weighted by Gasteiger charge is -2.19. The van der Waals surface area contributed by atoms with Crippen molar-refractivity contribution >= 4 is 0 Å². The Bertz CT molecular complexity index is 99.5. The van der Waals surface area contributed by atoms with Crippen LogP contribution >= 0.6 is 0 Å². The molecule has 1 aliphatic heterocycles. The highest BCUT2D eigenvalue weighted by Gasteiger charge is 2.25. The summed E-state index contributed by atoms with van der Waals surface area (Å²) in [6.45, 7) is 4.28. The lowest BCUT2D eigenvalue weighted by molar-refractivity contribution is -0.0193. The molecule has 66 valence electrons. The molecule has 1 heterocycles. The second-order valence-electron chi connectivity index (χ2n) is 2.80. The minimum atomic E-state index is -0.0116. The molecule has 1 aliphatic rings. The molecule has 0 aromatic carbocycles. The molecule has 0 aromatic rings. The van der Waals surface area contributed by atoms with E-state index in [2.05, 4.69) is 0 Å². The van der Waals surface area contributed by atoms with Crippen molar-refractivity contribution in [2.75, 3.05) is 26.4 Å². The van der Waals surface area contributed by atoms with Crippen LogP contribution in [0.5, 0.6) is 0 Å². The summed E-state index contributed by atoms with van der Waals surface area (Å²) in [5.74, 6) is 0.403. The number of ether oxygens (including phenoxy) is 2. The van der Waals surface area contributed by atoms with Crippen LogP contribution in [-0.2, 0) is 9.47 Å². The zero-order chi connectivity index (χ0) is 8.10. The average molecular weight is 160 g/mol. The van der Waals surface area contributed by atoms with E-state index in [1.807, 2.05) is 6.92 Å². The summed E-state index contributed by atoms with van der Waals surface area (Å²) in [7, 11) is 0. The molecule has 3 heteroatoms. The van der Waals surface area contributed by atoms with Crippen molar-refractivity contribution in [2.45, 2.75) is 19.4 Å². The number of aliphatic hydroxyl groups excluding tert-OH is 1. The van der Waals surface area contributed by atoms with Gasteiger partial charge in [0.2, 0.25) is 0 Å². The van der Waals surface area contributed by atoms with Crippen LogP contribution < -0.4 is 0 Å². The maximum atomic E-state index is 8.94. The first-order chi connectivity index (χ1) is 5.38. The van der Waals surface area contributed by atoms with Crippen molar-refractivity contribution in [1.29, 1.82) is 0 Å². The molecular formula is C8H16O3. The van der Waals surface area contributed by atoms with Gasteiger partial charge < -0.3 is 14.6 Å². The number of aliphatic hydroxyl groups is 1. The van der Waals surface area contributed by atoms with Gasteiger partial charge in [0.25, 0.3) is 0 Å². The van der Waals surface area contributed by atoms with Gasteiger partial charge in [0, 0.05) is 19.1 Å². The Morgan fingerprint density at radius 2 is 2.55 bits per heavy atom. The van der Waals surface area contributed by atoms with Gasteiger partial charge in [-0.15, -0.1) is 0 Å². The quantitative estimate of drug-likeness (QED) is 0.647. The summed E-state index contributed by atoms with van der Waals surface area (Å²) in [5.41, 5.74) is 0. The van der Waals surface area contributed by atoms with Gasteiger partial charge in [-0.3, -0.25) is 0 Å². The highest BCUT2D eigenvalue weighted by molar-refractivity contribution is 4.73. The topological polar surface area (TPSA) is 38.7 Å². The zero-order valence-electron chi connectivity index (χ0n) is 6.95. The molecule has 0 aromatic heterocycles. The molecule has 0 saturated carbocycles. The van der Waals surface area contributed by atoms with E-state index < -0.39 is 0 Å². The van der Waals surface area contributed by atoms with E-state index in [1.165, 1.54) is 0 Å². The van der Waals surface area contributed by atoms with E-state index in [4.69, 9.17) is 14.6 Å². The first-order valence-corrected chi connectivity index (χ1v) is 4.18. The van der Waals surface area contributed by atoms with Crippen LogP contribution in [0.3, 0.4) is 0 Å². The fourth-order valence-corrected chi connectivity index (χ4v) is 1.40. The van der Waals surface area contributed by atoms with Crippen LogP contribution in [-0.4, -0.2) is 37.6 Å².